The second kappa shape index (κ2) is 9.74. The summed E-state index contributed by atoms with van der Waals surface area (Å²) in [7, 11) is 0. The Balaban J connectivity index is 1.23. The van der Waals surface area contributed by atoms with Crippen LogP contribution in [0.5, 0.6) is 0 Å². The van der Waals surface area contributed by atoms with E-state index in [1.165, 1.54) is 71.7 Å². The van der Waals surface area contributed by atoms with Crippen molar-refractivity contribution in [1.82, 2.24) is 9.13 Å². The van der Waals surface area contributed by atoms with E-state index in [2.05, 4.69) is 169 Å². The number of aromatic nitrogens is 2. The van der Waals surface area contributed by atoms with E-state index in [1.54, 1.807) is 0 Å². The van der Waals surface area contributed by atoms with Crippen molar-refractivity contribution < 1.29 is 0 Å². The van der Waals surface area contributed by atoms with Gasteiger partial charge in [-0.1, -0.05) is 92.2 Å². The smallest absolute Gasteiger partial charge is 0.0541 e. The summed E-state index contributed by atoms with van der Waals surface area (Å²) in [6.07, 6.45) is 0.954. The van der Waals surface area contributed by atoms with Crippen LogP contribution in [-0.2, 0) is 11.8 Å². The SMILES string of the molecule is Cc1ccc2c(c1)c1cc(CC(C)(C)c3ccc4c(c3)c3ccccc3n4-c3ccccc3)ccc1n2-c1ccccc1. The van der Waals surface area contributed by atoms with Crippen LogP contribution in [-0.4, -0.2) is 9.13 Å². The van der Waals surface area contributed by atoms with Gasteiger partial charge in [0.1, 0.15) is 0 Å². The van der Waals surface area contributed by atoms with Crippen molar-refractivity contribution in [3.8, 4) is 11.4 Å². The molecule has 0 aliphatic heterocycles. The van der Waals surface area contributed by atoms with Crippen molar-refractivity contribution in [2.75, 3.05) is 0 Å². The molecule has 0 atom stereocenters. The molecule has 0 radical (unpaired) electrons. The van der Waals surface area contributed by atoms with Crippen molar-refractivity contribution in [3.63, 3.8) is 0 Å². The highest BCUT2D eigenvalue weighted by molar-refractivity contribution is 6.10. The van der Waals surface area contributed by atoms with Gasteiger partial charge in [-0.3, -0.25) is 0 Å². The topological polar surface area (TPSA) is 9.86 Å². The van der Waals surface area contributed by atoms with Crippen molar-refractivity contribution in [1.29, 1.82) is 0 Å². The third-order valence-electron chi connectivity index (χ3n) is 9.11. The molecule has 0 spiro atoms. The van der Waals surface area contributed by atoms with E-state index < -0.39 is 0 Å². The van der Waals surface area contributed by atoms with Crippen LogP contribution in [0.3, 0.4) is 0 Å². The minimum atomic E-state index is -0.0501. The van der Waals surface area contributed by atoms with Gasteiger partial charge in [-0.05, 0) is 96.6 Å². The first-order valence-electron chi connectivity index (χ1n) is 15.2. The summed E-state index contributed by atoms with van der Waals surface area (Å²) in [5.41, 5.74) is 11.3. The minimum absolute atomic E-state index is 0.0501. The molecule has 43 heavy (non-hydrogen) atoms. The molecule has 0 bridgehead atoms. The van der Waals surface area contributed by atoms with Crippen LogP contribution in [0.2, 0.25) is 0 Å². The van der Waals surface area contributed by atoms with Crippen molar-refractivity contribution >= 4 is 43.6 Å². The Hall–Kier alpha value is -5.08. The van der Waals surface area contributed by atoms with E-state index in [9.17, 15) is 0 Å². The highest BCUT2D eigenvalue weighted by Gasteiger charge is 2.24. The molecule has 2 nitrogen and oxygen atoms in total. The van der Waals surface area contributed by atoms with E-state index >= 15 is 0 Å². The van der Waals surface area contributed by atoms with Crippen LogP contribution in [0.4, 0.5) is 0 Å². The van der Waals surface area contributed by atoms with Gasteiger partial charge in [0, 0.05) is 32.9 Å². The Bertz CT molecular complexity index is 2280. The lowest BCUT2D eigenvalue weighted by Crippen LogP contribution is -2.20. The predicted octanol–water partition coefficient (Wildman–Crippen LogP) is 10.7. The number of aryl methyl sites for hydroxylation is 1. The standard InChI is InChI=1S/C41H34N2/c1-28-18-21-38-34(24-28)35-25-29(19-22-39(35)43(38)32-14-8-5-9-15-32)27-41(2,3)30-20-23-40-36(26-30)33-16-10-11-17-37(33)42(40)31-12-6-4-7-13-31/h4-26H,27H2,1-3H3. The van der Waals surface area contributed by atoms with Crippen LogP contribution in [0.15, 0.2) is 140 Å². The Morgan fingerprint density at radius 3 is 1.65 bits per heavy atom. The maximum absolute atomic E-state index is 2.43. The maximum Gasteiger partial charge on any atom is 0.0541 e. The van der Waals surface area contributed by atoms with Gasteiger partial charge in [0.15, 0.2) is 0 Å². The summed E-state index contributed by atoms with van der Waals surface area (Å²) in [6, 6.07) is 51.2. The van der Waals surface area contributed by atoms with Gasteiger partial charge in [0.25, 0.3) is 0 Å². The number of para-hydroxylation sites is 3. The average molecular weight is 555 g/mol. The number of fused-ring (bicyclic) bond motifs is 6. The van der Waals surface area contributed by atoms with Crippen LogP contribution in [0.25, 0.3) is 55.0 Å². The number of nitrogens with zero attached hydrogens (tertiary/aromatic N) is 2. The molecule has 0 saturated heterocycles. The first kappa shape index (κ1) is 25.6. The predicted molar refractivity (Wildman–Crippen MR) is 183 cm³/mol. The molecule has 0 N–H and O–H groups in total. The number of hydrogen-bond acceptors (Lipinski definition) is 0. The van der Waals surface area contributed by atoms with Gasteiger partial charge < -0.3 is 9.13 Å². The zero-order valence-corrected chi connectivity index (χ0v) is 24.9. The monoisotopic (exact) mass is 554 g/mol. The van der Waals surface area contributed by atoms with E-state index in [0.29, 0.717) is 0 Å². The molecule has 0 unspecified atom stereocenters. The Morgan fingerprint density at radius 1 is 0.465 bits per heavy atom. The van der Waals surface area contributed by atoms with Crippen LogP contribution >= 0.6 is 0 Å². The van der Waals surface area contributed by atoms with E-state index in [0.717, 1.165) is 6.42 Å². The molecule has 8 rings (SSSR count). The minimum Gasteiger partial charge on any atom is -0.309 e. The molecule has 2 heteroatoms. The van der Waals surface area contributed by atoms with Gasteiger partial charge in [-0.2, -0.15) is 0 Å². The summed E-state index contributed by atoms with van der Waals surface area (Å²) >= 11 is 0. The van der Waals surface area contributed by atoms with Crippen LogP contribution < -0.4 is 0 Å². The largest absolute Gasteiger partial charge is 0.309 e. The summed E-state index contributed by atoms with van der Waals surface area (Å²) in [5.74, 6) is 0. The van der Waals surface area contributed by atoms with Crippen molar-refractivity contribution in [2.24, 2.45) is 0 Å². The third-order valence-corrected chi connectivity index (χ3v) is 9.11. The van der Waals surface area contributed by atoms with Crippen LogP contribution in [0.1, 0.15) is 30.5 Å². The fourth-order valence-electron chi connectivity index (χ4n) is 7.01. The number of hydrogen-bond donors (Lipinski definition) is 0. The molecule has 6 aromatic carbocycles. The van der Waals surface area contributed by atoms with E-state index in [4.69, 9.17) is 0 Å². The molecular formula is C41H34N2. The number of benzene rings is 6. The lowest BCUT2D eigenvalue weighted by atomic mass is 9.78. The second-order valence-electron chi connectivity index (χ2n) is 12.5. The molecule has 0 saturated carbocycles. The molecule has 2 aromatic heterocycles. The van der Waals surface area contributed by atoms with Gasteiger partial charge in [0.2, 0.25) is 0 Å². The second-order valence-corrected chi connectivity index (χ2v) is 12.5. The van der Waals surface area contributed by atoms with Crippen LogP contribution in [0, 0.1) is 6.92 Å². The quantitative estimate of drug-likeness (QED) is 0.200. The molecule has 2 heterocycles. The Morgan fingerprint density at radius 2 is 0.977 bits per heavy atom. The Kier molecular flexibility index (Phi) is 5.80. The van der Waals surface area contributed by atoms with Gasteiger partial charge >= 0.3 is 0 Å². The zero-order chi connectivity index (χ0) is 29.1. The first-order valence-corrected chi connectivity index (χ1v) is 15.2. The average Bonchev–Trinajstić information content (AvgIpc) is 3.53. The molecular weight excluding hydrogens is 520 g/mol. The molecule has 0 amide bonds. The van der Waals surface area contributed by atoms with Gasteiger partial charge in [-0.25, -0.2) is 0 Å². The third kappa shape index (κ3) is 4.17. The normalized spacial score (nSPS) is 12.2. The first-order chi connectivity index (χ1) is 21.0. The Labute approximate surface area is 252 Å². The molecule has 0 aliphatic carbocycles. The van der Waals surface area contributed by atoms with E-state index in [-0.39, 0.29) is 5.41 Å². The molecule has 208 valence electrons. The zero-order valence-electron chi connectivity index (χ0n) is 24.9. The summed E-state index contributed by atoms with van der Waals surface area (Å²) in [4.78, 5) is 0. The molecule has 0 aliphatic rings. The number of rotatable bonds is 5. The fraction of sp³-hybridized carbons (Fsp3) is 0.122. The highest BCUT2D eigenvalue weighted by Crippen LogP contribution is 2.38. The molecule has 0 fully saturated rings. The summed E-state index contributed by atoms with van der Waals surface area (Å²) in [5, 5.41) is 5.23. The van der Waals surface area contributed by atoms with Gasteiger partial charge in [-0.15, -0.1) is 0 Å². The lowest BCUT2D eigenvalue weighted by Gasteiger charge is -2.26. The van der Waals surface area contributed by atoms with Gasteiger partial charge in [0.05, 0.1) is 22.1 Å². The summed E-state index contributed by atoms with van der Waals surface area (Å²) < 4.78 is 4.79. The maximum atomic E-state index is 2.43. The van der Waals surface area contributed by atoms with Crippen molar-refractivity contribution in [3.05, 3.63) is 156 Å². The highest BCUT2D eigenvalue weighted by atomic mass is 15.0. The lowest BCUT2D eigenvalue weighted by molar-refractivity contribution is 0.523. The van der Waals surface area contributed by atoms with E-state index in [1.807, 2.05) is 0 Å². The summed E-state index contributed by atoms with van der Waals surface area (Å²) in [6.45, 7) is 6.95. The molecule has 8 aromatic rings. The van der Waals surface area contributed by atoms with Crippen molar-refractivity contribution in [2.45, 2.75) is 32.6 Å². The fourth-order valence-corrected chi connectivity index (χ4v) is 7.01.